The van der Waals surface area contributed by atoms with E-state index in [1.54, 1.807) is 0 Å². The molecule has 0 N–H and O–H groups in total. The number of hydrogen-bond acceptors (Lipinski definition) is 1. The Hall–Kier alpha value is -7.22. The Labute approximate surface area is 349 Å². The largest absolute Gasteiger partial charge is 0.455 e. The van der Waals surface area contributed by atoms with Gasteiger partial charge < -0.3 is 4.42 Å². The van der Waals surface area contributed by atoms with Crippen LogP contribution in [0.4, 0.5) is 0 Å². The van der Waals surface area contributed by atoms with Crippen molar-refractivity contribution in [2.75, 3.05) is 0 Å². The van der Waals surface area contributed by atoms with Crippen LogP contribution in [-0.2, 0) is 5.41 Å². The Morgan fingerprint density at radius 3 is 1.82 bits per heavy atom. The zero-order chi connectivity index (χ0) is 40.3. The number of hydrogen-bond donors (Lipinski definition) is 0. The Kier molecular flexibility index (Phi) is 7.47. The first kappa shape index (κ1) is 34.8. The van der Waals surface area contributed by atoms with E-state index in [0.29, 0.717) is 0 Å². The first-order valence-corrected chi connectivity index (χ1v) is 21.1. The molecule has 1 aromatic heterocycles. The van der Waals surface area contributed by atoms with Gasteiger partial charge in [0.2, 0.25) is 0 Å². The fourth-order valence-electron chi connectivity index (χ4n) is 10.7. The van der Waals surface area contributed by atoms with Crippen LogP contribution in [0.25, 0.3) is 110 Å². The van der Waals surface area contributed by atoms with Crippen molar-refractivity contribution in [3.05, 3.63) is 204 Å². The molecule has 0 fully saturated rings. The molecule has 11 aromatic rings. The second-order valence-corrected chi connectivity index (χ2v) is 17.2. The molecule has 0 saturated carbocycles. The van der Waals surface area contributed by atoms with E-state index >= 15 is 0 Å². The smallest absolute Gasteiger partial charge is 0.143 e. The summed E-state index contributed by atoms with van der Waals surface area (Å²) in [6.07, 6.45) is 2.37. The van der Waals surface area contributed by atoms with Crippen LogP contribution in [0.5, 0.6) is 0 Å². The molecule has 284 valence electrons. The molecule has 0 amide bonds. The summed E-state index contributed by atoms with van der Waals surface area (Å²) in [5.41, 5.74) is 17.2. The Morgan fingerprint density at radius 2 is 1.10 bits per heavy atom. The summed E-state index contributed by atoms with van der Waals surface area (Å²) < 4.78 is 6.62. The van der Waals surface area contributed by atoms with Gasteiger partial charge in [-0.05, 0) is 130 Å². The minimum atomic E-state index is -0.195. The van der Waals surface area contributed by atoms with Crippen LogP contribution >= 0.6 is 0 Å². The van der Waals surface area contributed by atoms with Crippen molar-refractivity contribution in [3.8, 4) is 33.4 Å². The van der Waals surface area contributed by atoms with Crippen molar-refractivity contribution in [2.45, 2.75) is 33.1 Å². The fourth-order valence-corrected chi connectivity index (χ4v) is 10.7. The molecular formula is C59H42O. The van der Waals surface area contributed by atoms with Crippen LogP contribution in [0.1, 0.15) is 48.6 Å². The van der Waals surface area contributed by atoms with Gasteiger partial charge in [-0.3, -0.25) is 0 Å². The molecule has 1 heteroatoms. The van der Waals surface area contributed by atoms with Crippen molar-refractivity contribution < 1.29 is 4.42 Å². The molecule has 1 aliphatic rings. The summed E-state index contributed by atoms with van der Waals surface area (Å²) in [4.78, 5) is 0. The average Bonchev–Trinajstić information content (AvgIpc) is 3.78. The number of benzene rings is 10. The predicted octanol–water partition coefficient (Wildman–Crippen LogP) is 16.7. The lowest BCUT2D eigenvalue weighted by molar-refractivity contribution is 0.664. The maximum atomic E-state index is 6.62. The van der Waals surface area contributed by atoms with E-state index in [-0.39, 0.29) is 5.41 Å². The predicted molar refractivity (Wildman–Crippen MR) is 257 cm³/mol. The van der Waals surface area contributed by atoms with Gasteiger partial charge in [-0.2, -0.15) is 0 Å². The van der Waals surface area contributed by atoms with Gasteiger partial charge in [0.05, 0.1) is 0 Å². The summed E-state index contributed by atoms with van der Waals surface area (Å²) in [6, 6.07) is 64.8. The van der Waals surface area contributed by atoms with E-state index in [1.807, 2.05) is 0 Å². The molecule has 0 aliphatic heterocycles. The fraction of sp³-hybridized carbons (Fsp3) is 0.0847. The molecule has 1 aliphatic carbocycles. The van der Waals surface area contributed by atoms with Gasteiger partial charge in [0, 0.05) is 21.6 Å². The number of aryl methyl sites for hydroxylation is 1. The first-order chi connectivity index (χ1) is 29.4. The lowest BCUT2D eigenvalue weighted by atomic mass is 9.79. The Morgan fingerprint density at radius 1 is 0.500 bits per heavy atom. The van der Waals surface area contributed by atoms with Crippen molar-refractivity contribution in [3.63, 3.8) is 0 Å². The van der Waals surface area contributed by atoms with Crippen LogP contribution < -0.4 is 0 Å². The minimum absolute atomic E-state index is 0.195. The SMILES string of the molecule is C/C(=C\c1ccc(-c2c3ccccc3c(-c3cccc4ccccc34)c3ccccc23)cc1C)c1ccc2c(c1)C(C)(C)c1c-2c2c3ccccc3oc2c2ccccc12. The second-order valence-electron chi connectivity index (χ2n) is 17.2. The van der Waals surface area contributed by atoms with Crippen LogP contribution in [0, 0.1) is 6.92 Å². The average molecular weight is 767 g/mol. The van der Waals surface area contributed by atoms with E-state index in [0.717, 1.165) is 11.2 Å². The molecule has 0 unspecified atom stereocenters. The summed E-state index contributed by atoms with van der Waals surface area (Å²) in [5, 5.41) is 12.5. The molecular weight excluding hydrogens is 725 g/mol. The molecule has 12 rings (SSSR count). The number of fused-ring (bicyclic) bond motifs is 13. The highest BCUT2D eigenvalue weighted by molar-refractivity contribution is 6.25. The number of furan rings is 1. The molecule has 0 spiro atoms. The maximum Gasteiger partial charge on any atom is 0.143 e. The zero-order valence-corrected chi connectivity index (χ0v) is 34.2. The standard InChI is InChI=1S/C59H42O/c1-35(39-30-31-49-51(34-39)59(3,4)57-47-23-11-12-24-48(47)58-56(55(49)57)50-25-13-14-27-52(50)60-58)32-38-28-29-40(33-36(38)2)53-43-19-7-9-21-45(43)54(46-22-10-8-20-44(46)53)42-26-15-17-37-16-5-6-18-41(37)42/h5-34H,1-4H3/b35-32+. The van der Waals surface area contributed by atoms with E-state index in [9.17, 15) is 0 Å². The summed E-state index contributed by atoms with van der Waals surface area (Å²) in [6.45, 7) is 9.30. The molecule has 0 bridgehead atoms. The summed E-state index contributed by atoms with van der Waals surface area (Å²) >= 11 is 0. The number of rotatable bonds is 4. The van der Waals surface area contributed by atoms with E-state index in [1.165, 1.54) is 121 Å². The van der Waals surface area contributed by atoms with Crippen molar-refractivity contribution in [1.82, 2.24) is 0 Å². The van der Waals surface area contributed by atoms with Gasteiger partial charge in [-0.15, -0.1) is 0 Å². The highest BCUT2D eigenvalue weighted by Crippen LogP contribution is 2.56. The molecule has 1 heterocycles. The van der Waals surface area contributed by atoms with Crippen molar-refractivity contribution in [2.24, 2.45) is 0 Å². The van der Waals surface area contributed by atoms with Gasteiger partial charge in [0.1, 0.15) is 11.2 Å². The molecule has 0 atom stereocenters. The van der Waals surface area contributed by atoms with E-state index in [2.05, 4.69) is 210 Å². The first-order valence-electron chi connectivity index (χ1n) is 21.1. The minimum Gasteiger partial charge on any atom is -0.455 e. The molecule has 10 aromatic carbocycles. The molecule has 0 radical (unpaired) electrons. The van der Waals surface area contributed by atoms with Crippen LogP contribution in [0.2, 0.25) is 0 Å². The number of allylic oxidation sites excluding steroid dienone is 1. The molecule has 0 saturated heterocycles. The summed E-state index contributed by atoms with van der Waals surface area (Å²) in [5.74, 6) is 0. The van der Waals surface area contributed by atoms with Crippen LogP contribution in [-0.4, -0.2) is 0 Å². The van der Waals surface area contributed by atoms with Crippen molar-refractivity contribution >= 4 is 76.7 Å². The highest BCUT2D eigenvalue weighted by Gasteiger charge is 2.39. The third-order valence-corrected chi connectivity index (χ3v) is 13.5. The monoisotopic (exact) mass is 766 g/mol. The maximum absolute atomic E-state index is 6.62. The van der Waals surface area contributed by atoms with Crippen LogP contribution in [0.3, 0.4) is 0 Å². The third kappa shape index (κ3) is 4.93. The highest BCUT2D eigenvalue weighted by atomic mass is 16.3. The lowest BCUT2D eigenvalue weighted by Crippen LogP contribution is -2.15. The van der Waals surface area contributed by atoms with Gasteiger partial charge >= 0.3 is 0 Å². The second kappa shape index (κ2) is 12.9. The Bertz CT molecular complexity index is 3580. The van der Waals surface area contributed by atoms with E-state index in [4.69, 9.17) is 4.42 Å². The van der Waals surface area contributed by atoms with Gasteiger partial charge in [0.15, 0.2) is 0 Å². The van der Waals surface area contributed by atoms with E-state index < -0.39 is 0 Å². The third-order valence-electron chi connectivity index (χ3n) is 13.5. The van der Waals surface area contributed by atoms with Gasteiger partial charge in [0.25, 0.3) is 0 Å². The summed E-state index contributed by atoms with van der Waals surface area (Å²) in [7, 11) is 0. The Balaban J connectivity index is 0.974. The normalized spacial score (nSPS) is 13.6. The molecule has 1 nitrogen and oxygen atoms in total. The quantitative estimate of drug-likeness (QED) is 0.128. The zero-order valence-electron chi connectivity index (χ0n) is 34.2. The molecule has 60 heavy (non-hydrogen) atoms. The topological polar surface area (TPSA) is 13.1 Å². The van der Waals surface area contributed by atoms with Gasteiger partial charge in [-0.25, -0.2) is 0 Å². The van der Waals surface area contributed by atoms with Gasteiger partial charge in [-0.1, -0.05) is 184 Å². The number of para-hydroxylation sites is 1. The lowest BCUT2D eigenvalue weighted by Gasteiger charge is -2.24. The van der Waals surface area contributed by atoms with Crippen LogP contribution in [0.15, 0.2) is 180 Å². The van der Waals surface area contributed by atoms with Crippen molar-refractivity contribution in [1.29, 1.82) is 0 Å².